The molecule has 1 saturated carbocycles. The first-order valence-electron chi connectivity index (χ1n) is 13.5. The summed E-state index contributed by atoms with van der Waals surface area (Å²) in [7, 11) is 0. The van der Waals surface area contributed by atoms with E-state index in [9.17, 15) is 9.59 Å². The van der Waals surface area contributed by atoms with Crippen LogP contribution in [0.1, 0.15) is 54.4 Å². The lowest BCUT2D eigenvalue weighted by molar-refractivity contribution is -0.143. The van der Waals surface area contributed by atoms with Crippen LogP contribution in [-0.4, -0.2) is 35.4 Å². The van der Waals surface area contributed by atoms with Gasteiger partial charge in [-0.05, 0) is 61.6 Å². The number of amides is 2. The van der Waals surface area contributed by atoms with Gasteiger partial charge in [0.1, 0.15) is 11.8 Å². The van der Waals surface area contributed by atoms with E-state index < -0.39 is 6.04 Å². The van der Waals surface area contributed by atoms with E-state index in [0.717, 1.165) is 47.9 Å². The molecular formula is C32H37ClN2O3. The number of rotatable bonds is 10. The molecule has 0 spiro atoms. The number of carbonyl (C=O) groups excluding carboxylic acids is 2. The summed E-state index contributed by atoms with van der Waals surface area (Å²) in [6.07, 6.45) is 5.79. The standard InChI is InChI=1S/C32H37ClN2O3/c1-23-16-17-30(24(2)18-23)38-22-31(36)35(21-26-12-9-13-27(33)19-26)29(20-25-10-5-3-6-11-25)32(37)34-28-14-7-4-8-15-28/h3,5-6,9-13,16-19,28-29H,4,7-8,14-15,20-22H2,1-2H3,(H,34,37)/t29-/m0/s1. The van der Waals surface area contributed by atoms with Crippen molar-refractivity contribution in [2.75, 3.05) is 6.61 Å². The zero-order valence-corrected chi connectivity index (χ0v) is 23.0. The van der Waals surface area contributed by atoms with E-state index in [4.69, 9.17) is 16.3 Å². The largest absolute Gasteiger partial charge is 0.483 e. The number of nitrogens with one attached hydrogen (secondary N) is 1. The molecule has 2 amide bonds. The molecule has 1 atom stereocenters. The fraction of sp³-hybridized carbons (Fsp3) is 0.375. The molecule has 3 aromatic rings. The summed E-state index contributed by atoms with van der Waals surface area (Å²) in [5.74, 6) is 0.297. The number of hydrogen-bond acceptors (Lipinski definition) is 3. The SMILES string of the molecule is Cc1ccc(OCC(=O)N(Cc2cccc(Cl)c2)[C@@H](Cc2ccccc2)C(=O)NC2CCCCC2)c(C)c1. The van der Waals surface area contributed by atoms with Crippen LogP contribution in [-0.2, 0) is 22.6 Å². The first kappa shape index (κ1) is 27.7. The van der Waals surface area contributed by atoms with Gasteiger partial charge in [-0.3, -0.25) is 9.59 Å². The van der Waals surface area contributed by atoms with Crippen molar-refractivity contribution in [3.05, 3.63) is 100 Å². The summed E-state index contributed by atoms with van der Waals surface area (Å²) in [4.78, 5) is 29.3. The molecule has 0 heterocycles. The molecule has 1 fully saturated rings. The Morgan fingerprint density at radius 3 is 2.39 bits per heavy atom. The van der Waals surface area contributed by atoms with E-state index in [1.807, 2.05) is 80.6 Å². The van der Waals surface area contributed by atoms with Gasteiger partial charge in [-0.2, -0.15) is 0 Å². The van der Waals surface area contributed by atoms with Gasteiger partial charge in [0.15, 0.2) is 6.61 Å². The fourth-order valence-corrected chi connectivity index (χ4v) is 5.33. The second kappa shape index (κ2) is 13.5. The number of benzene rings is 3. The van der Waals surface area contributed by atoms with E-state index >= 15 is 0 Å². The van der Waals surface area contributed by atoms with Gasteiger partial charge in [0.2, 0.25) is 5.91 Å². The molecule has 5 nitrogen and oxygen atoms in total. The van der Waals surface area contributed by atoms with Gasteiger partial charge >= 0.3 is 0 Å². The third-order valence-corrected chi connectivity index (χ3v) is 7.38. The molecule has 0 radical (unpaired) electrons. The lowest BCUT2D eigenvalue weighted by Gasteiger charge is -2.33. The maximum atomic E-state index is 13.8. The minimum atomic E-state index is -0.687. The first-order valence-corrected chi connectivity index (χ1v) is 13.8. The van der Waals surface area contributed by atoms with E-state index in [-0.39, 0.29) is 31.0 Å². The molecule has 0 unspecified atom stereocenters. The third kappa shape index (κ3) is 7.84. The first-order chi connectivity index (χ1) is 18.4. The molecule has 0 saturated heterocycles. The van der Waals surface area contributed by atoms with Crippen molar-refractivity contribution in [1.82, 2.24) is 10.2 Å². The van der Waals surface area contributed by atoms with E-state index in [2.05, 4.69) is 5.32 Å². The predicted octanol–water partition coefficient (Wildman–Crippen LogP) is 6.42. The highest BCUT2D eigenvalue weighted by Gasteiger charge is 2.32. The van der Waals surface area contributed by atoms with E-state index in [1.54, 1.807) is 11.0 Å². The van der Waals surface area contributed by atoms with Crippen molar-refractivity contribution in [2.24, 2.45) is 0 Å². The molecule has 4 rings (SSSR count). The molecule has 1 aliphatic carbocycles. The molecule has 0 bridgehead atoms. The van der Waals surface area contributed by atoms with Crippen LogP contribution in [0.15, 0.2) is 72.8 Å². The van der Waals surface area contributed by atoms with Gasteiger partial charge in [-0.15, -0.1) is 0 Å². The maximum absolute atomic E-state index is 13.8. The summed E-state index contributed by atoms with van der Waals surface area (Å²) in [6.45, 7) is 4.08. The number of halogens is 1. The quantitative estimate of drug-likeness (QED) is 0.327. The zero-order valence-electron chi connectivity index (χ0n) is 22.3. The van der Waals surface area contributed by atoms with Crippen LogP contribution < -0.4 is 10.1 Å². The number of ether oxygens (including phenoxy) is 1. The number of hydrogen-bond donors (Lipinski definition) is 1. The highest BCUT2D eigenvalue weighted by molar-refractivity contribution is 6.30. The summed E-state index contributed by atoms with van der Waals surface area (Å²) in [6, 6.07) is 22.6. The summed E-state index contributed by atoms with van der Waals surface area (Å²) < 4.78 is 5.98. The van der Waals surface area contributed by atoms with Crippen molar-refractivity contribution < 1.29 is 14.3 Å². The smallest absolute Gasteiger partial charge is 0.261 e. The van der Waals surface area contributed by atoms with Gasteiger partial charge in [-0.1, -0.05) is 91.0 Å². The molecule has 6 heteroatoms. The van der Waals surface area contributed by atoms with Crippen LogP contribution in [0.3, 0.4) is 0 Å². The van der Waals surface area contributed by atoms with Gasteiger partial charge in [0.05, 0.1) is 0 Å². The Morgan fingerprint density at radius 1 is 0.947 bits per heavy atom. The highest BCUT2D eigenvalue weighted by atomic mass is 35.5. The molecule has 1 aliphatic rings. The lowest BCUT2D eigenvalue weighted by atomic mass is 9.94. The minimum Gasteiger partial charge on any atom is -0.483 e. The Hall–Kier alpha value is -3.31. The second-order valence-corrected chi connectivity index (χ2v) is 10.7. The van der Waals surface area contributed by atoms with Crippen LogP contribution in [0.5, 0.6) is 5.75 Å². The highest BCUT2D eigenvalue weighted by Crippen LogP contribution is 2.22. The fourth-order valence-electron chi connectivity index (χ4n) is 5.11. The van der Waals surface area contributed by atoms with Crippen molar-refractivity contribution in [3.63, 3.8) is 0 Å². The lowest BCUT2D eigenvalue weighted by Crippen LogP contribution is -2.53. The van der Waals surface area contributed by atoms with E-state index in [1.165, 1.54) is 6.42 Å². The Morgan fingerprint density at radius 2 is 1.68 bits per heavy atom. The Labute approximate surface area is 231 Å². The van der Waals surface area contributed by atoms with E-state index in [0.29, 0.717) is 17.2 Å². The molecule has 200 valence electrons. The van der Waals surface area contributed by atoms with Crippen LogP contribution in [0.2, 0.25) is 5.02 Å². The van der Waals surface area contributed by atoms with Crippen LogP contribution in [0, 0.1) is 13.8 Å². The molecule has 3 aromatic carbocycles. The number of nitrogens with zero attached hydrogens (tertiary/aromatic N) is 1. The maximum Gasteiger partial charge on any atom is 0.261 e. The zero-order chi connectivity index (χ0) is 26.9. The van der Waals surface area contributed by atoms with Crippen molar-refractivity contribution >= 4 is 23.4 Å². The molecular weight excluding hydrogens is 496 g/mol. The van der Waals surface area contributed by atoms with Gasteiger partial charge in [0, 0.05) is 24.0 Å². The molecule has 38 heavy (non-hydrogen) atoms. The third-order valence-electron chi connectivity index (χ3n) is 7.15. The van der Waals surface area contributed by atoms with Crippen LogP contribution in [0.4, 0.5) is 0 Å². The van der Waals surface area contributed by atoms with Crippen molar-refractivity contribution in [2.45, 2.75) is 71.0 Å². The monoisotopic (exact) mass is 532 g/mol. The van der Waals surface area contributed by atoms with Crippen LogP contribution >= 0.6 is 11.6 Å². The van der Waals surface area contributed by atoms with Gasteiger partial charge < -0.3 is 15.0 Å². The number of aryl methyl sites for hydroxylation is 2. The van der Waals surface area contributed by atoms with Crippen LogP contribution in [0.25, 0.3) is 0 Å². The minimum absolute atomic E-state index is 0.123. The predicted molar refractivity (Wildman–Crippen MR) is 152 cm³/mol. The average Bonchev–Trinajstić information content (AvgIpc) is 2.91. The molecule has 0 aliphatic heterocycles. The van der Waals surface area contributed by atoms with Gasteiger partial charge in [0.25, 0.3) is 5.91 Å². The normalized spacial score (nSPS) is 14.5. The Kier molecular flexibility index (Phi) is 9.83. The summed E-state index contributed by atoms with van der Waals surface area (Å²) in [5.41, 5.74) is 3.96. The topological polar surface area (TPSA) is 58.6 Å². The number of carbonyl (C=O) groups is 2. The van der Waals surface area contributed by atoms with Gasteiger partial charge in [-0.25, -0.2) is 0 Å². The summed E-state index contributed by atoms with van der Waals surface area (Å²) >= 11 is 6.27. The molecule has 1 N–H and O–H groups in total. The van der Waals surface area contributed by atoms with Crippen molar-refractivity contribution in [3.8, 4) is 5.75 Å². The molecule has 0 aromatic heterocycles. The Balaban J connectivity index is 1.62. The van der Waals surface area contributed by atoms with Crippen molar-refractivity contribution in [1.29, 1.82) is 0 Å². The average molecular weight is 533 g/mol. The second-order valence-electron chi connectivity index (χ2n) is 10.3. The Bertz CT molecular complexity index is 1220. The summed E-state index contributed by atoms with van der Waals surface area (Å²) in [5, 5.41) is 3.85.